The van der Waals surface area contributed by atoms with Gasteiger partial charge in [-0.15, -0.1) is 0 Å². The van der Waals surface area contributed by atoms with Crippen LogP contribution < -0.4 is 4.74 Å². The van der Waals surface area contributed by atoms with Crippen LogP contribution in [0.5, 0.6) is 5.75 Å². The first-order valence-corrected chi connectivity index (χ1v) is 10.7. The molecule has 1 saturated carbocycles. The van der Waals surface area contributed by atoms with Gasteiger partial charge in [0.25, 0.3) is 6.17 Å². The quantitative estimate of drug-likeness (QED) is 0.364. The molecule has 1 aliphatic rings. The number of benzene rings is 2. The lowest BCUT2D eigenvalue weighted by Crippen LogP contribution is -2.46. The van der Waals surface area contributed by atoms with E-state index in [2.05, 4.69) is 4.74 Å². The van der Waals surface area contributed by atoms with Crippen molar-refractivity contribution < 1.29 is 44.6 Å². The number of methoxy groups -OCH3 is 1. The largest absolute Gasteiger partial charge is 0.439 e. The van der Waals surface area contributed by atoms with Crippen LogP contribution in [0, 0.1) is 17.6 Å². The molecule has 3 rings (SSSR count). The Morgan fingerprint density at radius 1 is 0.853 bits per heavy atom. The third kappa shape index (κ3) is 5.82. The predicted molar refractivity (Wildman–Crippen MR) is 109 cm³/mol. The standard InChI is InChI=1S/C24H24F8O2/c1-13(33-2)14-3-5-15(6-4-14)16-7-9-17(10-8-16)18-11-19(25)21(20(26)12-18)34-24(31,32)22(27)23(28,29)30/h7-15,22H,3-6H2,1-2H3. The summed E-state index contributed by atoms with van der Waals surface area (Å²) in [5, 5.41) is 0. The third-order valence-corrected chi connectivity index (χ3v) is 6.34. The van der Waals surface area contributed by atoms with Crippen LogP contribution in [0.3, 0.4) is 0 Å². The van der Waals surface area contributed by atoms with E-state index >= 15 is 0 Å². The van der Waals surface area contributed by atoms with Gasteiger partial charge in [0.1, 0.15) is 0 Å². The summed E-state index contributed by atoms with van der Waals surface area (Å²) in [6, 6.07) is 8.13. The lowest BCUT2D eigenvalue weighted by atomic mass is 9.77. The average Bonchev–Trinajstić information content (AvgIpc) is 2.80. The van der Waals surface area contributed by atoms with Crippen LogP contribution in [-0.2, 0) is 4.74 Å². The molecular formula is C24H24F8O2. The van der Waals surface area contributed by atoms with Crippen LogP contribution in [0.4, 0.5) is 35.1 Å². The van der Waals surface area contributed by atoms with Gasteiger partial charge in [0.2, 0.25) is 0 Å². The molecule has 188 valence electrons. The number of hydrogen-bond donors (Lipinski definition) is 0. The zero-order chi connectivity index (χ0) is 25.3. The van der Waals surface area contributed by atoms with Gasteiger partial charge in [-0.3, -0.25) is 0 Å². The van der Waals surface area contributed by atoms with E-state index in [-0.39, 0.29) is 11.7 Å². The monoisotopic (exact) mass is 496 g/mol. The Hall–Kier alpha value is -2.36. The Bertz CT molecular complexity index is 943. The van der Waals surface area contributed by atoms with Crippen molar-refractivity contribution in [2.75, 3.05) is 7.11 Å². The summed E-state index contributed by atoms with van der Waals surface area (Å²) in [5.41, 5.74) is 1.37. The van der Waals surface area contributed by atoms with Gasteiger partial charge in [0.15, 0.2) is 17.4 Å². The summed E-state index contributed by atoms with van der Waals surface area (Å²) in [5.74, 6) is -4.34. The lowest BCUT2D eigenvalue weighted by molar-refractivity contribution is -0.306. The topological polar surface area (TPSA) is 18.5 Å². The van der Waals surface area contributed by atoms with Crippen molar-refractivity contribution in [2.24, 2.45) is 5.92 Å². The molecule has 2 aromatic rings. The molecule has 2 atom stereocenters. The maximum Gasteiger partial charge on any atom is 0.439 e. The van der Waals surface area contributed by atoms with E-state index in [0.29, 0.717) is 29.5 Å². The fourth-order valence-electron chi connectivity index (χ4n) is 4.26. The summed E-state index contributed by atoms with van der Waals surface area (Å²) < 4.78 is 114. The van der Waals surface area contributed by atoms with Crippen LogP contribution in [0.25, 0.3) is 11.1 Å². The van der Waals surface area contributed by atoms with Gasteiger partial charge in [-0.2, -0.15) is 22.0 Å². The van der Waals surface area contributed by atoms with E-state index in [9.17, 15) is 35.1 Å². The number of rotatable bonds is 7. The average molecular weight is 496 g/mol. The third-order valence-electron chi connectivity index (χ3n) is 6.34. The molecule has 1 aliphatic carbocycles. The van der Waals surface area contributed by atoms with Crippen molar-refractivity contribution in [2.45, 2.75) is 63.1 Å². The summed E-state index contributed by atoms with van der Waals surface area (Å²) in [6.07, 6.45) is -12.1. The number of alkyl halides is 6. The molecule has 0 spiro atoms. The van der Waals surface area contributed by atoms with Crippen LogP contribution in [-0.4, -0.2) is 31.7 Å². The highest BCUT2D eigenvalue weighted by atomic mass is 19.4. The highest BCUT2D eigenvalue weighted by Gasteiger charge is 2.59. The molecule has 0 bridgehead atoms. The van der Waals surface area contributed by atoms with Crippen molar-refractivity contribution >= 4 is 0 Å². The lowest BCUT2D eigenvalue weighted by Gasteiger charge is -2.31. The Kier molecular flexibility index (Phi) is 7.79. The molecule has 0 aliphatic heterocycles. The Morgan fingerprint density at radius 2 is 1.38 bits per heavy atom. The van der Waals surface area contributed by atoms with Crippen molar-refractivity contribution in [3.8, 4) is 16.9 Å². The summed E-state index contributed by atoms with van der Waals surface area (Å²) >= 11 is 0. The summed E-state index contributed by atoms with van der Waals surface area (Å²) in [4.78, 5) is 0. The van der Waals surface area contributed by atoms with Gasteiger partial charge in [0.05, 0.1) is 6.10 Å². The van der Waals surface area contributed by atoms with Gasteiger partial charge in [-0.1, -0.05) is 24.3 Å². The fourth-order valence-corrected chi connectivity index (χ4v) is 4.26. The highest BCUT2D eigenvalue weighted by molar-refractivity contribution is 5.65. The first kappa shape index (κ1) is 26.2. The minimum Gasteiger partial charge on any atom is -0.424 e. The van der Waals surface area contributed by atoms with Crippen LogP contribution in [0.2, 0.25) is 0 Å². The molecular weight excluding hydrogens is 472 g/mol. The summed E-state index contributed by atoms with van der Waals surface area (Å²) in [6.45, 7) is 2.04. The molecule has 10 heteroatoms. The maximum absolute atomic E-state index is 14.3. The Morgan fingerprint density at radius 3 is 1.85 bits per heavy atom. The van der Waals surface area contributed by atoms with Crippen LogP contribution in [0.1, 0.15) is 44.1 Å². The van der Waals surface area contributed by atoms with Crippen molar-refractivity contribution in [3.63, 3.8) is 0 Å². The molecule has 0 amide bonds. The highest BCUT2D eigenvalue weighted by Crippen LogP contribution is 2.40. The molecule has 0 heterocycles. The van der Waals surface area contributed by atoms with Gasteiger partial charge in [0, 0.05) is 7.11 Å². The van der Waals surface area contributed by atoms with Gasteiger partial charge in [-0.25, -0.2) is 13.2 Å². The molecule has 0 aromatic heterocycles. The predicted octanol–water partition coefficient (Wildman–Crippen LogP) is 7.81. The van der Waals surface area contributed by atoms with E-state index in [1.807, 2.05) is 19.1 Å². The first-order chi connectivity index (χ1) is 15.8. The van der Waals surface area contributed by atoms with E-state index < -0.39 is 35.8 Å². The van der Waals surface area contributed by atoms with Crippen molar-refractivity contribution in [1.82, 2.24) is 0 Å². The van der Waals surface area contributed by atoms with Gasteiger partial charge in [-0.05, 0) is 73.3 Å². The zero-order valence-electron chi connectivity index (χ0n) is 18.4. The SMILES string of the molecule is COC(C)C1CCC(c2ccc(-c3cc(F)c(OC(F)(F)C(F)C(F)(F)F)c(F)c3)cc2)CC1. The number of halogens is 8. The second-order valence-corrected chi connectivity index (χ2v) is 8.51. The fraction of sp³-hybridized carbons (Fsp3) is 0.500. The molecule has 0 N–H and O–H groups in total. The van der Waals surface area contributed by atoms with E-state index in [1.165, 1.54) is 0 Å². The van der Waals surface area contributed by atoms with E-state index in [4.69, 9.17) is 4.74 Å². The normalized spacial score (nSPS) is 21.2. The maximum atomic E-state index is 14.3. The molecule has 2 unspecified atom stereocenters. The summed E-state index contributed by atoms with van der Waals surface area (Å²) in [7, 11) is 1.69. The first-order valence-electron chi connectivity index (χ1n) is 10.7. The van der Waals surface area contributed by atoms with E-state index in [1.54, 1.807) is 19.2 Å². The van der Waals surface area contributed by atoms with Crippen LogP contribution in [0.15, 0.2) is 36.4 Å². The molecule has 1 fully saturated rings. The Labute approximate surface area is 191 Å². The molecule has 2 aromatic carbocycles. The molecule has 0 saturated heterocycles. The smallest absolute Gasteiger partial charge is 0.424 e. The number of hydrogen-bond acceptors (Lipinski definition) is 2. The molecule has 2 nitrogen and oxygen atoms in total. The van der Waals surface area contributed by atoms with Gasteiger partial charge < -0.3 is 9.47 Å². The van der Waals surface area contributed by atoms with Crippen molar-refractivity contribution in [3.05, 3.63) is 53.6 Å². The molecule has 34 heavy (non-hydrogen) atoms. The second-order valence-electron chi connectivity index (χ2n) is 8.51. The van der Waals surface area contributed by atoms with Gasteiger partial charge >= 0.3 is 12.3 Å². The van der Waals surface area contributed by atoms with E-state index in [0.717, 1.165) is 31.2 Å². The minimum absolute atomic E-state index is 0.0394. The zero-order valence-corrected chi connectivity index (χ0v) is 18.4. The van der Waals surface area contributed by atoms with Crippen LogP contribution >= 0.6 is 0 Å². The molecule has 0 radical (unpaired) electrons. The Balaban J connectivity index is 1.74. The second kappa shape index (κ2) is 10.1. The van der Waals surface area contributed by atoms with Crippen molar-refractivity contribution in [1.29, 1.82) is 0 Å². The minimum atomic E-state index is -5.97. The number of ether oxygens (including phenoxy) is 2.